The van der Waals surface area contributed by atoms with E-state index < -0.39 is 5.91 Å². The number of aliphatic hydroxyl groups excluding tert-OH is 1. The number of thiophene rings is 1. The van der Waals surface area contributed by atoms with Crippen LogP contribution in [0.3, 0.4) is 0 Å². The highest BCUT2D eigenvalue weighted by Gasteiger charge is 2.30. The topological polar surface area (TPSA) is 95.7 Å². The zero-order valence-electron chi connectivity index (χ0n) is 13.1. The second-order valence-electron chi connectivity index (χ2n) is 6.25. The Bertz CT molecular complexity index is 610. The van der Waals surface area contributed by atoms with Crippen LogP contribution in [0.15, 0.2) is 0 Å². The summed E-state index contributed by atoms with van der Waals surface area (Å²) in [7, 11) is 0. The quantitative estimate of drug-likeness (QED) is 0.695. The van der Waals surface area contributed by atoms with Crippen molar-refractivity contribution in [3.05, 3.63) is 16.0 Å². The van der Waals surface area contributed by atoms with Gasteiger partial charge < -0.3 is 16.2 Å². The summed E-state index contributed by atoms with van der Waals surface area (Å²) in [6.45, 7) is 0.789. The molecule has 0 spiro atoms. The van der Waals surface area contributed by atoms with Crippen LogP contribution in [0.5, 0.6) is 0 Å². The molecule has 126 valence electrons. The van der Waals surface area contributed by atoms with Crippen LogP contribution >= 0.6 is 11.3 Å². The van der Waals surface area contributed by atoms with Gasteiger partial charge in [-0.1, -0.05) is 0 Å². The van der Waals surface area contributed by atoms with Crippen LogP contribution in [0.2, 0.25) is 0 Å². The van der Waals surface area contributed by atoms with Gasteiger partial charge in [-0.05, 0) is 44.1 Å². The van der Waals surface area contributed by atoms with E-state index in [0.717, 1.165) is 44.1 Å². The summed E-state index contributed by atoms with van der Waals surface area (Å²) in [5, 5.41) is 12.6. The van der Waals surface area contributed by atoms with Gasteiger partial charge in [-0.15, -0.1) is 11.3 Å². The largest absolute Gasteiger partial charge is 0.395 e. The minimum Gasteiger partial charge on any atom is -0.395 e. The van der Waals surface area contributed by atoms with Crippen molar-refractivity contribution >= 4 is 28.2 Å². The molecule has 7 heteroatoms. The summed E-state index contributed by atoms with van der Waals surface area (Å²) in [5.74, 6) is -0.611. The number of anilines is 1. The fraction of sp³-hybridized carbons (Fsp3) is 0.625. The molecule has 0 saturated heterocycles. The van der Waals surface area contributed by atoms with E-state index in [2.05, 4.69) is 5.32 Å². The Kier molecular flexibility index (Phi) is 4.99. The van der Waals surface area contributed by atoms with Crippen molar-refractivity contribution in [1.82, 2.24) is 4.90 Å². The molecule has 4 N–H and O–H groups in total. The summed E-state index contributed by atoms with van der Waals surface area (Å²) in [4.78, 5) is 27.3. The van der Waals surface area contributed by atoms with Crippen molar-refractivity contribution in [2.45, 2.75) is 44.6 Å². The van der Waals surface area contributed by atoms with Crippen molar-refractivity contribution in [2.75, 3.05) is 25.0 Å². The molecule has 2 amide bonds. The lowest BCUT2D eigenvalue weighted by molar-refractivity contribution is -0.117. The van der Waals surface area contributed by atoms with Crippen LogP contribution in [0.1, 0.15) is 46.5 Å². The molecule has 2 aliphatic rings. The lowest BCUT2D eigenvalue weighted by Crippen LogP contribution is -2.37. The smallest absolute Gasteiger partial charge is 0.251 e. The molecule has 3 rings (SSSR count). The van der Waals surface area contributed by atoms with E-state index in [-0.39, 0.29) is 19.1 Å². The highest BCUT2D eigenvalue weighted by Crippen LogP contribution is 2.38. The maximum Gasteiger partial charge on any atom is 0.251 e. The van der Waals surface area contributed by atoms with Crippen molar-refractivity contribution in [3.8, 4) is 0 Å². The zero-order valence-corrected chi connectivity index (χ0v) is 14.0. The Labute approximate surface area is 139 Å². The molecule has 1 aromatic heterocycles. The number of primary amides is 1. The molecule has 0 unspecified atom stereocenters. The molecular formula is C16H23N3O3S. The number of aliphatic hydroxyl groups is 1. The average Bonchev–Trinajstić information content (AvgIpc) is 3.27. The van der Waals surface area contributed by atoms with Gasteiger partial charge in [-0.2, -0.15) is 0 Å². The number of carbonyl (C=O) groups is 2. The molecule has 0 aliphatic heterocycles. The fourth-order valence-corrected chi connectivity index (χ4v) is 4.53. The third kappa shape index (κ3) is 3.73. The Balaban J connectivity index is 1.72. The summed E-state index contributed by atoms with van der Waals surface area (Å²) in [6, 6.07) is 0.403. The van der Waals surface area contributed by atoms with Gasteiger partial charge in [-0.3, -0.25) is 14.5 Å². The monoisotopic (exact) mass is 337 g/mol. The van der Waals surface area contributed by atoms with E-state index in [1.165, 1.54) is 16.2 Å². The molecule has 0 atom stereocenters. The van der Waals surface area contributed by atoms with E-state index in [0.29, 0.717) is 23.2 Å². The van der Waals surface area contributed by atoms with Gasteiger partial charge in [0.2, 0.25) is 5.91 Å². The van der Waals surface area contributed by atoms with Crippen LogP contribution < -0.4 is 11.1 Å². The molecule has 0 radical (unpaired) electrons. The van der Waals surface area contributed by atoms with Gasteiger partial charge in [-0.25, -0.2) is 0 Å². The van der Waals surface area contributed by atoms with Gasteiger partial charge in [0.05, 0.1) is 18.7 Å². The van der Waals surface area contributed by atoms with Crippen molar-refractivity contribution in [1.29, 1.82) is 0 Å². The average molecular weight is 337 g/mol. The van der Waals surface area contributed by atoms with Gasteiger partial charge >= 0.3 is 0 Å². The van der Waals surface area contributed by atoms with Gasteiger partial charge in [0, 0.05) is 17.5 Å². The lowest BCUT2D eigenvalue weighted by atomic mass is 9.95. The summed E-state index contributed by atoms with van der Waals surface area (Å²) >= 11 is 1.48. The Morgan fingerprint density at radius 2 is 2.04 bits per heavy atom. The lowest BCUT2D eigenvalue weighted by Gasteiger charge is -2.19. The molecule has 1 aromatic rings. The number of amides is 2. The maximum absolute atomic E-state index is 12.3. The first-order valence-electron chi connectivity index (χ1n) is 8.19. The molecule has 1 fully saturated rings. The van der Waals surface area contributed by atoms with E-state index in [9.17, 15) is 9.59 Å². The highest BCUT2D eigenvalue weighted by atomic mass is 32.1. The number of hydrogen-bond acceptors (Lipinski definition) is 5. The second-order valence-corrected chi connectivity index (χ2v) is 7.36. The molecular weight excluding hydrogens is 314 g/mol. The molecule has 1 heterocycles. The third-order valence-corrected chi connectivity index (χ3v) is 5.68. The summed E-state index contributed by atoms with van der Waals surface area (Å²) in [5.41, 5.74) is 7.06. The van der Waals surface area contributed by atoms with Gasteiger partial charge in [0.1, 0.15) is 5.00 Å². The Morgan fingerprint density at radius 1 is 1.30 bits per heavy atom. The summed E-state index contributed by atoms with van der Waals surface area (Å²) < 4.78 is 0. The normalized spacial score (nSPS) is 17.1. The second kappa shape index (κ2) is 6.98. The Morgan fingerprint density at radius 3 is 2.70 bits per heavy atom. The number of nitrogens with zero attached hydrogens (tertiary/aromatic N) is 1. The highest BCUT2D eigenvalue weighted by molar-refractivity contribution is 7.17. The van der Waals surface area contributed by atoms with Crippen LogP contribution in [-0.4, -0.2) is 47.6 Å². The molecule has 0 bridgehead atoms. The number of hydrogen-bond donors (Lipinski definition) is 3. The minimum absolute atomic E-state index is 0.0453. The molecule has 6 nitrogen and oxygen atoms in total. The number of nitrogens with one attached hydrogen (secondary N) is 1. The third-order valence-electron chi connectivity index (χ3n) is 4.47. The van der Waals surface area contributed by atoms with Crippen LogP contribution in [-0.2, 0) is 17.6 Å². The van der Waals surface area contributed by atoms with Crippen molar-refractivity contribution < 1.29 is 14.7 Å². The van der Waals surface area contributed by atoms with Crippen LogP contribution in [0.4, 0.5) is 5.00 Å². The summed E-state index contributed by atoms with van der Waals surface area (Å²) in [6.07, 6.45) is 6.14. The molecule has 23 heavy (non-hydrogen) atoms. The van der Waals surface area contributed by atoms with E-state index in [1.807, 2.05) is 4.90 Å². The SMILES string of the molecule is NC(=O)c1c(NC(=O)CN(CCO)C2CC2)sc2c1CCCC2. The van der Waals surface area contributed by atoms with Crippen molar-refractivity contribution in [3.63, 3.8) is 0 Å². The van der Waals surface area contributed by atoms with Crippen LogP contribution in [0, 0.1) is 0 Å². The number of fused-ring (bicyclic) bond motifs is 1. The first kappa shape index (κ1) is 16.4. The molecule has 0 aromatic carbocycles. The fourth-order valence-electron chi connectivity index (χ4n) is 3.22. The maximum atomic E-state index is 12.3. The molecule has 1 saturated carbocycles. The van der Waals surface area contributed by atoms with E-state index in [4.69, 9.17) is 10.8 Å². The Hall–Kier alpha value is -1.44. The van der Waals surface area contributed by atoms with Gasteiger partial charge in [0.15, 0.2) is 0 Å². The standard InChI is InChI=1S/C16H23N3O3S/c17-15(22)14-11-3-1-2-4-12(11)23-16(14)18-13(21)9-19(7-8-20)10-5-6-10/h10,20H,1-9H2,(H2,17,22)(H,18,21). The minimum atomic E-state index is -0.464. The first-order valence-corrected chi connectivity index (χ1v) is 9.01. The number of nitrogens with two attached hydrogens (primary N) is 1. The predicted molar refractivity (Wildman–Crippen MR) is 89.8 cm³/mol. The predicted octanol–water partition coefficient (Wildman–Crippen LogP) is 1.12. The van der Waals surface area contributed by atoms with E-state index in [1.54, 1.807) is 0 Å². The first-order chi connectivity index (χ1) is 11.1. The van der Waals surface area contributed by atoms with E-state index >= 15 is 0 Å². The number of aryl methyl sites for hydroxylation is 1. The number of carbonyl (C=O) groups excluding carboxylic acids is 2. The zero-order chi connectivity index (χ0) is 16.4. The molecule has 2 aliphatic carbocycles. The number of rotatable bonds is 7. The van der Waals surface area contributed by atoms with Gasteiger partial charge in [0.25, 0.3) is 5.91 Å². The van der Waals surface area contributed by atoms with Crippen LogP contribution in [0.25, 0.3) is 0 Å². The van der Waals surface area contributed by atoms with Crippen molar-refractivity contribution in [2.24, 2.45) is 5.73 Å².